The molecule has 1 saturated carbocycles. The van der Waals surface area contributed by atoms with Gasteiger partial charge in [0.05, 0.1) is 5.60 Å². The molecule has 4 heteroatoms. The van der Waals surface area contributed by atoms with Gasteiger partial charge in [-0.05, 0) is 43.9 Å². The lowest BCUT2D eigenvalue weighted by molar-refractivity contribution is -0.000762. The maximum absolute atomic E-state index is 11.5. The minimum Gasteiger partial charge on any atom is -0.398 e. The van der Waals surface area contributed by atoms with Crippen LogP contribution in [0.5, 0.6) is 0 Å². The van der Waals surface area contributed by atoms with Crippen LogP contribution in [0, 0.1) is 5.92 Å². The molecule has 1 aromatic rings. The van der Waals surface area contributed by atoms with Crippen LogP contribution in [0.1, 0.15) is 49.9 Å². The Kier molecular flexibility index (Phi) is 4.33. The Hall–Kier alpha value is -1.55. The molecular weight excluding hydrogens is 252 g/mol. The van der Waals surface area contributed by atoms with Gasteiger partial charge in [-0.25, -0.2) is 0 Å². The van der Waals surface area contributed by atoms with E-state index in [0.717, 1.165) is 24.9 Å². The molecule has 1 aliphatic rings. The second-order valence-electron chi connectivity index (χ2n) is 6.14. The van der Waals surface area contributed by atoms with E-state index in [1.807, 2.05) is 6.07 Å². The minimum atomic E-state index is -0.643. The first-order valence-electron chi connectivity index (χ1n) is 7.26. The van der Waals surface area contributed by atoms with E-state index < -0.39 is 5.60 Å². The fourth-order valence-corrected chi connectivity index (χ4v) is 3.03. The van der Waals surface area contributed by atoms with Gasteiger partial charge < -0.3 is 16.2 Å². The van der Waals surface area contributed by atoms with Gasteiger partial charge in [0.15, 0.2) is 5.78 Å². The average Bonchev–Trinajstić information content (AvgIpc) is 2.37. The van der Waals surface area contributed by atoms with Crippen molar-refractivity contribution in [3.05, 3.63) is 23.8 Å². The molecule has 0 amide bonds. The number of benzene rings is 1. The summed E-state index contributed by atoms with van der Waals surface area (Å²) in [6.07, 6.45) is 3.92. The van der Waals surface area contributed by atoms with Gasteiger partial charge in [0.25, 0.3) is 0 Å². The van der Waals surface area contributed by atoms with Gasteiger partial charge >= 0.3 is 0 Å². The van der Waals surface area contributed by atoms with Crippen LogP contribution in [0.4, 0.5) is 11.4 Å². The molecule has 0 radical (unpaired) electrons. The maximum atomic E-state index is 11.5. The summed E-state index contributed by atoms with van der Waals surface area (Å²) in [4.78, 5) is 11.5. The summed E-state index contributed by atoms with van der Waals surface area (Å²) in [5.41, 5.74) is 6.98. The van der Waals surface area contributed by atoms with Gasteiger partial charge in [0.1, 0.15) is 0 Å². The molecule has 2 rings (SSSR count). The first-order chi connectivity index (χ1) is 9.39. The first-order valence-corrected chi connectivity index (χ1v) is 7.26. The van der Waals surface area contributed by atoms with Gasteiger partial charge in [-0.1, -0.05) is 19.8 Å². The Morgan fingerprint density at radius 3 is 2.95 bits per heavy atom. The van der Waals surface area contributed by atoms with Crippen LogP contribution in [0.15, 0.2) is 18.2 Å². The van der Waals surface area contributed by atoms with Crippen molar-refractivity contribution >= 4 is 17.2 Å². The summed E-state index contributed by atoms with van der Waals surface area (Å²) in [7, 11) is 0. The molecule has 0 aromatic heterocycles. The second kappa shape index (κ2) is 5.83. The number of nitrogens with one attached hydrogen (secondary N) is 1. The molecule has 1 fully saturated rings. The number of carbonyl (C=O) groups is 1. The summed E-state index contributed by atoms with van der Waals surface area (Å²) >= 11 is 0. The van der Waals surface area contributed by atoms with E-state index in [1.54, 1.807) is 12.1 Å². The summed E-state index contributed by atoms with van der Waals surface area (Å²) in [6, 6.07) is 5.33. The number of ketones is 1. The van der Waals surface area contributed by atoms with E-state index >= 15 is 0 Å². The number of rotatable bonds is 4. The number of hydrogen-bond donors (Lipinski definition) is 3. The molecule has 0 bridgehead atoms. The molecule has 110 valence electrons. The highest BCUT2D eigenvalue weighted by molar-refractivity contribution is 6.00. The standard InChI is InChI=1S/C16H24N2O2/c1-11-4-3-7-16(20,9-11)10-18-13-5-6-15(17)14(8-13)12(2)19/h5-6,8,11,18,20H,3-4,7,9-10,17H2,1-2H3. The Bertz CT molecular complexity index is 501. The molecule has 4 nitrogen and oxygen atoms in total. The highest BCUT2D eigenvalue weighted by Crippen LogP contribution is 2.32. The van der Waals surface area contributed by atoms with Gasteiger partial charge in [-0.15, -0.1) is 0 Å². The van der Waals surface area contributed by atoms with Gasteiger partial charge in [0, 0.05) is 23.5 Å². The second-order valence-corrected chi connectivity index (χ2v) is 6.14. The SMILES string of the molecule is CC(=O)c1cc(NCC2(O)CCCC(C)C2)ccc1N. The lowest BCUT2D eigenvalue weighted by Gasteiger charge is -2.36. The number of Topliss-reactive ketones (excluding diaryl/α,β-unsaturated/α-hetero) is 1. The van der Waals surface area contributed by atoms with Crippen molar-refractivity contribution in [2.24, 2.45) is 5.92 Å². The number of nitrogens with two attached hydrogens (primary N) is 1. The van der Waals surface area contributed by atoms with Crippen LogP contribution in [0.2, 0.25) is 0 Å². The molecule has 2 unspecified atom stereocenters. The largest absolute Gasteiger partial charge is 0.398 e. The minimum absolute atomic E-state index is 0.0452. The Morgan fingerprint density at radius 1 is 1.55 bits per heavy atom. The smallest absolute Gasteiger partial charge is 0.161 e. The van der Waals surface area contributed by atoms with E-state index in [2.05, 4.69) is 12.2 Å². The lowest BCUT2D eigenvalue weighted by Crippen LogP contribution is -2.41. The maximum Gasteiger partial charge on any atom is 0.161 e. The highest BCUT2D eigenvalue weighted by atomic mass is 16.3. The molecular formula is C16H24N2O2. The summed E-state index contributed by atoms with van der Waals surface area (Å²) < 4.78 is 0. The van der Waals surface area contributed by atoms with Crippen LogP contribution in [-0.4, -0.2) is 23.0 Å². The van der Waals surface area contributed by atoms with Crippen molar-refractivity contribution in [2.75, 3.05) is 17.6 Å². The van der Waals surface area contributed by atoms with Crippen molar-refractivity contribution in [3.8, 4) is 0 Å². The molecule has 0 spiro atoms. The zero-order chi connectivity index (χ0) is 14.8. The van der Waals surface area contributed by atoms with Crippen molar-refractivity contribution in [3.63, 3.8) is 0 Å². The Labute approximate surface area is 120 Å². The monoisotopic (exact) mass is 276 g/mol. The molecule has 0 heterocycles. The molecule has 0 saturated heterocycles. The van der Waals surface area contributed by atoms with Crippen LogP contribution in [0.3, 0.4) is 0 Å². The van der Waals surface area contributed by atoms with Crippen molar-refractivity contribution < 1.29 is 9.90 Å². The molecule has 0 aliphatic heterocycles. The van der Waals surface area contributed by atoms with E-state index in [9.17, 15) is 9.90 Å². The Morgan fingerprint density at radius 2 is 2.30 bits per heavy atom. The number of nitrogen functional groups attached to an aromatic ring is 1. The third-order valence-electron chi connectivity index (χ3n) is 4.12. The van der Waals surface area contributed by atoms with Crippen molar-refractivity contribution in [2.45, 2.75) is 45.1 Å². The molecule has 20 heavy (non-hydrogen) atoms. The molecule has 4 N–H and O–H groups in total. The first kappa shape index (κ1) is 14.9. The van der Waals surface area contributed by atoms with Crippen LogP contribution >= 0.6 is 0 Å². The Balaban J connectivity index is 2.03. The summed E-state index contributed by atoms with van der Waals surface area (Å²) in [5, 5.41) is 13.8. The van der Waals surface area contributed by atoms with Gasteiger partial charge in [0.2, 0.25) is 0 Å². The topological polar surface area (TPSA) is 75.3 Å². The summed E-state index contributed by atoms with van der Waals surface area (Å²) in [6.45, 7) is 4.20. The van der Waals surface area contributed by atoms with Crippen molar-refractivity contribution in [1.29, 1.82) is 0 Å². The predicted octanol–water partition coefficient (Wildman–Crippen LogP) is 2.82. The molecule has 1 aromatic carbocycles. The number of hydrogen-bond acceptors (Lipinski definition) is 4. The van der Waals surface area contributed by atoms with E-state index in [-0.39, 0.29) is 5.78 Å². The zero-order valence-corrected chi connectivity index (χ0v) is 12.3. The number of carbonyl (C=O) groups excluding carboxylic acids is 1. The van der Waals surface area contributed by atoms with E-state index in [1.165, 1.54) is 13.3 Å². The normalized spacial score (nSPS) is 26.2. The fraction of sp³-hybridized carbons (Fsp3) is 0.562. The van der Waals surface area contributed by atoms with Gasteiger partial charge in [-0.2, -0.15) is 0 Å². The van der Waals surface area contributed by atoms with Crippen molar-refractivity contribution in [1.82, 2.24) is 0 Å². The molecule has 2 atom stereocenters. The fourth-order valence-electron chi connectivity index (χ4n) is 3.03. The van der Waals surface area contributed by atoms with Crippen LogP contribution in [0.25, 0.3) is 0 Å². The number of aliphatic hydroxyl groups is 1. The third-order valence-corrected chi connectivity index (χ3v) is 4.12. The lowest BCUT2D eigenvalue weighted by atomic mass is 9.79. The molecule has 1 aliphatic carbocycles. The zero-order valence-electron chi connectivity index (χ0n) is 12.3. The van der Waals surface area contributed by atoms with E-state index in [4.69, 9.17) is 5.73 Å². The quantitative estimate of drug-likeness (QED) is 0.584. The third kappa shape index (κ3) is 3.51. The number of anilines is 2. The van der Waals surface area contributed by atoms with Gasteiger partial charge in [-0.3, -0.25) is 4.79 Å². The van der Waals surface area contributed by atoms with Crippen LogP contribution < -0.4 is 11.1 Å². The average molecular weight is 276 g/mol. The van der Waals surface area contributed by atoms with E-state index in [0.29, 0.717) is 23.7 Å². The predicted molar refractivity (Wildman–Crippen MR) is 81.9 cm³/mol. The highest BCUT2D eigenvalue weighted by Gasteiger charge is 2.32. The summed E-state index contributed by atoms with van der Waals surface area (Å²) in [5.74, 6) is 0.519. The van der Waals surface area contributed by atoms with Crippen LogP contribution in [-0.2, 0) is 0 Å².